The Hall–Kier alpha value is 1.74. The van der Waals surface area contributed by atoms with E-state index in [4.69, 9.17) is 32.9 Å². The van der Waals surface area contributed by atoms with Gasteiger partial charge in [-0.05, 0) is 12.8 Å². The molecule has 300 valence electrons. The monoisotopic (exact) mass is 787 g/mol. The second kappa shape index (κ2) is 43.5. The number of hydrogen-bond donors (Lipinski definition) is 5. The summed E-state index contributed by atoms with van der Waals surface area (Å²) in [5, 5.41) is 19.9. The number of unbranched alkanes of at least 4 members (excludes halogenated alkanes) is 26. The summed E-state index contributed by atoms with van der Waals surface area (Å²) < 4.78 is 39.2. The van der Waals surface area contributed by atoms with Crippen LogP contribution in [0.25, 0.3) is 0 Å². The summed E-state index contributed by atoms with van der Waals surface area (Å²) >= 11 is 0. The Bertz CT molecular complexity index is 699. The van der Waals surface area contributed by atoms with E-state index in [1.165, 1.54) is 146 Å². The third kappa shape index (κ3) is 49.7. The molecule has 0 aliphatic rings. The van der Waals surface area contributed by atoms with Crippen LogP contribution in [0.3, 0.4) is 0 Å². The van der Waals surface area contributed by atoms with Crippen LogP contribution in [0.15, 0.2) is 0 Å². The van der Waals surface area contributed by atoms with E-state index in [9.17, 15) is 14.8 Å². The maximum absolute atomic E-state index is 13.4. The van der Waals surface area contributed by atoms with Crippen molar-refractivity contribution in [2.45, 2.75) is 194 Å². The fraction of sp³-hybridized carbons (Fsp3) is 1.00. The number of aliphatic hydroxyl groups is 2. The van der Waals surface area contributed by atoms with Crippen molar-refractivity contribution < 1.29 is 47.7 Å². The summed E-state index contributed by atoms with van der Waals surface area (Å²) in [6.07, 6.45) is 35.8. The van der Waals surface area contributed by atoms with E-state index in [0.29, 0.717) is 13.2 Å². The molecule has 0 heterocycles. The first-order chi connectivity index (χ1) is 23.6. The topological polar surface area (TPSA) is 166 Å². The number of aliphatic hydroxyl groups excluding tert-OH is 2. The molecule has 0 rings (SSSR count). The molecular formula is C36H80KNO10P2. The Morgan fingerprint density at radius 2 is 0.660 bits per heavy atom. The molecule has 0 radical (unpaired) electrons. The zero-order chi connectivity index (χ0) is 36.7. The molecule has 0 aliphatic carbocycles. The van der Waals surface area contributed by atoms with Crippen molar-refractivity contribution in [2.24, 2.45) is 0 Å². The summed E-state index contributed by atoms with van der Waals surface area (Å²) in [5.74, 6) is 0. The fourth-order valence-electron chi connectivity index (χ4n) is 5.59. The van der Waals surface area contributed by atoms with E-state index >= 15 is 0 Å². The number of rotatable bonds is 38. The summed E-state index contributed by atoms with van der Waals surface area (Å²) in [7, 11) is -8.44. The molecule has 5 N–H and O–H groups in total. The van der Waals surface area contributed by atoms with Gasteiger partial charge in [0.1, 0.15) is 0 Å². The van der Waals surface area contributed by atoms with Gasteiger partial charge in [-0.3, -0.25) is 9.05 Å². The number of hydroxylamine groups is 2. The van der Waals surface area contributed by atoms with Crippen LogP contribution < -0.4 is 0 Å². The van der Waals surface area contributed by atoms with Crippen molar-refractivity contribution in [3.8, 4) is 0 Å². The van der Waals surface area contributed by atoms with Gasteiger partial charge in [0.2, 0.25) is 0 Å². The summed E-state index contributed by atoms with van der Waals surface area (Å²) in [6, 6.07) is 0. The van der Waals surface area contributed by atoms with E-state index in [-0.39, 0.29) is 77.7 Å². The molecular weight excluding hydrogens is 707 g/mol. The molecule has 14 heteroatoms. The van der Waals surface area contributed by atoms with Crippen molar-refractivity contribution in [1.82, 2.24) is 5.06 Å². The third-order valence-electron chi connectivity index (χ3n) is 8.41. The predicted octanol–water partition coefficient (Wildman–Crippen LogP) is 9.73. The van der Waals surface area contributed by atoms with Crippen LogP contribution in [-0.4, -0.2) is 121 Å². The predicted molar refractivity (Wildman–Crippen MR) is 208 cm³/mol. The average Bonchev–Trinajstić information content (AvgIpc) is 3.04. The first-order valence-electron chi connectivity index (χ1n) is 20.0. The molecule has 0 saturated carbocycles. The molecule has 50 heavy (non-hydrogen) atoms. The van der Waals surface area contributed by atoms with E-state index in [1.54, 1.807) is 0 Å². The molecule has 0 amide bonds. The van der Waals surface area contributed by atoms with Gasteiger partial charge in [-0.25, -0.2) is 9.13 Å². The zero-order valence-electron chi connectivity index (χ0n) is 31.7. The first-order valence-corrected chi connectivity index (χ1v) is 23.0. The van der Waals surface area contributed by atoms with Crippen LogP contribution in [0, 0.1) is 0 Å². The Morgan fingerprint density at radius 3 is 0.880 bits per heavy atom. The standard InChI is InChI=1S/C36H76NO6P.K.H3O4P.H/c1-3-5-7-9-11-13-15-17-19-21-23-25-27-29-35-41-44(40,43-37(31-33-38)32-34-39)42-36-30-28-26-24-22-20-18-16-14-12-10-8-6-4-2;;1-5(2,3)4;/h38-39H,3-36H2,1-2H3;;(H3,1,2,3,4);. The molecule has 0 spiro atoms. The molecule has 0 unspecified atom stereocenters. The van der Waals surface area contributed by atoms with E-state index < -0.39 is 15.6 Å². The SMILES string of the molecule is CCCCCCCCCCCCCCCCOP(=O)(OCCCCCCCCCCCCCCCC)ON(CCO)CCO.O=P(O)(O)O.[KH]. The number of nitrogens with zero attached hydrogens (tertiary/aromatic N) is 1. The Labute approximate surface area is 350 Å². The second-order valence-electron chi connectivity index (χ2n) is 13.3. The summed E-state index contributed by atoms with van der Waals surface area (Å²) in [5.41, 5.74) is 0. The van der Waals surface area contributed by atoms with Crippen molar-refractivity contribution >= 4 is 67.0 Å². The molecule has 0 fully saturated rings. The molecule has 0 aromatic carbocycles. The van der Waals surface area contributed by atoms with E-state index in [2.05, 4.69) is 13.8 Å². The van der Waals surface area contributed by atoms with Gasteiger partial charge >= 0.3 is 67.0 Å². The van der Waals surface area contributed by atoms with Gasteiger partial charge in [-0.15, -0.1) is 0 Å². The van der Waals surface area contributed by atoms with Crippen LogP contribution >= 0.6 is 15.6 Å². The molecule has 0 bridgehead atoms. The Kier molecular flexibility index (Phi) is 48.7. The maximum atomic E-state index is 13.4. The van der Waals surface area contributed by atoms with Crippen LogP contribution in [-0.2, 0) is 22.8 Å². The number of hydrogen-bond acceptors (Lipinski definition) is 8. The van der Waals surface area contributed by atoms with Gasteiger partial charge in [0.25, 0.3) is 0 Å². The van der Waals surface area contributed by atoms with E-state index in [0.717, 1.165) is 38.5 Å². The molecule has 0 aromatic heterocycles. The van der Waals surface area contributed by atoms with Gasteiger partial charge in [0.15, 0.2) is 0 Å². The Morgan fingerprint density at radius 1 is 0.440 bits per heavy atom. The van der Waals surface area contributed by atoms with Crippen LogP contribution in [0.1, 0.15) is 194 Å². The van der Waals surface area contributed by atoms with Gasteiger partial charge in [-0.1, -0.05) is 181 Å². The molecule has 0 atom stereocenters. The third-order valence-corrected chi connectivity index (χ3v) is 9.84. The van der Waals surface area contributed by atoms with Gasteiger partial charge < -0.3 is 24.9 Å². The number of phosphoric ester groups is 1. The van der Waals surface area contributed by atoms with Gasteiger partial charge in [0, 0.05) is 13.1 Å². The van der Waals surface area contributed by atoms with Crippen LogP contribution in [0.2, 0.25) is 0 Å². The van der Waals surface area contributed by atoms with E-state index in [1.807, 2.05) is 0 Å². The summed E-state index contributed by atoms with van der Waals surface area (Å²) in [6.45, 7) is 5.11. The quantitative estimate of drug-likeness (QED) is 0.0175. The van der Waals surface area contributed by atoms with Crippen molar-refractivity contribution in [3.63, 3.8) is 0 Å². The molecule has 0 aliphatic heterocycles. The zero-order valence-corrected chi connectivity index (χ0v) is 33.4. The molecule has 0 saturated heterocycles. The van der Waals surface area contributed by atoms with Crippen molar-refractivity contribution in [3.05, 3.63) is 0 Å². The summed E-state index contributed by atoms with van der Waals surface area (Å²) in [4.78, 5) is 21.6. The minimum atomic E-state index is -4.64. The molecule has 11 nitrogen and oxygen atoms in total. The van der Waals surface area contributed by atoms with Gasteiger partial charge in [0.05, 0.1) is 26.4 Å². The normalized spacial score (nSPS) is 11.8. The fourth-order valence-corrected chi connectivity index (χ4v) is 6.91. The van der Waals surface area contributed by atoms with Crippen LogP contribution in [0.5, 0.6) is 0 Å². The van der Waals surface area contributed by atoms with Crippen LogP contribution in [0.4, 0.5) is 0 Å². The Balaban J connectivity index is -0.00000341. The average molecular weight is 788 g/mol. The van der Waals surface area contributed by atoms with Crippen molar-refractivity contribution in [1.29, 1.82) is 0 Å². The van der Waals surface area contributed by atoms with Crippen molar-refractivity contribution in [2.75, 3.05) is 39.5 Å². The van der Waals surface area contributed by atoms with Gasteiger partial charge in [-0.2, -0.15) is 9.69 Å². The minimum absolute atomic E-state index is 0. The molecule has 0 aromatic rings. The second-order valence-corrected chi connectivity index (χ2v) is 15.9. The number of phosphoric acid groups is 2. The first kappa shape index (κ1) is 56.1.